The SMILES string of the molecule is CCOc1ccc(Cl)cc1CNCC(=O)O.Cl. The molecule has 0 spiro atoms. The Kier molecular flexibility index (Phi) is 7.70. The Bertz CT molecular complexity index is 372. The van der Waals surface area contributed by atoms with Crippen LogP contribution in [0.2, 0.25) is 5.02 Å². The largest absolute Gasteiger partial charge is 0.494 e. The third-order valence-electron chi connectivity index (χ3n) is 1.91. The Morgan fingerprint density at radius 1 is 1.53 bits per heavy atom. The number of hydrogen-bond acceptors (Lipinski definition) is 3. The van der Waals surface area contributed by atoms with E-state index in [0.717, 1.165) is 11.3 Å². The molecule has 0 radical (unpaired) electrons. The summed E-state index contributed by atoms with van der Waals surface area (Å²) < 4.78 is 5.40. The molecule has 1 rings (SSSR count). The molecule has 0 aliphatic rings. The number of ether oxygens (including phenoxy) is 1. The van der Waals surface area contributed by atoms with Crippen molar-refractivity contribution in [1.82, 2.24) is 5.32 Å². The van der Waals surface area contributed by atoms with E-state index in [1.54, 1.807) is 18.2 Å². The zero-order valence-corrected chi connectivity index (χ0v) is 11.0. The third-order valence-corrected chi connectivity index (χ3v) is 2.15. The predicted octanol–water partition coefficient (Wildman–Crippen LogP) is 2.33. The van der Waals surface area contributed by atoms with E-state index in [1.807, 2.05) is 6.92 Å². The Labute approximate surface area is 111 Å². The summed E-state index contributed by atoms with van der Waals surface area (Å²) in [7, 11) is 0. The summed E-state index contributed by atoms with van der Waals surface area (Å²) in [6.07, 6.45) is 0. The van der Waals surface area contributed by atoms with Crippen LogP contribution >= 0.6 is 24.0 Å². The average Bonchev–Trinajstić information content (AvgIpc) is 2.21. The standard InChI is InChI=1S/C11H14ClNO3.ClH/c1-2-16-10-4-3-9(12)5-8(10)6-13-7-11(14)15;/h3-5,13H,2,6-7H2,1H3,(H,14,15);1H. The fraction of sp³-hybridized carbons (Fsp3) is 0.364. The van der Waals surface area contributed by atoms with E-state index in [0.29, 0.717) is 18.2 Å². The first-order chi connectivity index (χ1) is 7.63. The molecule has 0 amide bonds. The van der Waals surface area contributed by atoms with E-state index in [1.165, 1.54) is 0 Å². The van der Waals surface area contributed by atoms with Crippen molar-refractivity contribution in [3.05, 3.63) is 28.8 Å². The second kappa shape index (κ2) is 8.17. The third kappa shape index (κ3) is 5.77. The number of benzene rings is 1. The van der Waals surface area contributed by atoms with Crippen molar-refractivity contribution in [3.63, 3.8) is 0 Å². The van der Waals surface area contributed by atoms with Gasteiger partial charge in [0.2, 0.25) is 0 Å². The molecule has 1 aromatic rings. The Morgan fingerprint density at radius 2 is 2.24 bits per heavy atom. The van der Waals surface area contributed by atoms with E-state index in [9.17, 15) is 4.79 Å². The molecule has 0 aliphatic heterocycles. The van der Waals surface area contributed by atoms with Gasteiger partial charge in [0.25, 0.3) is 0 Å². The minimum absolute atomic E-state index is 0. The average molecular weight is 280 g/mol. The van der Waals surface area contributed by atoms with Crippen LogP contribution in [-0.2, 0) is 11.3 Å². The maximum Gasteiger partial charge on any atom is 0.317 e. The number of hydrogen-bond donors (Lipinski definition) is 2. The fourth-order valence-electron chi connectivity index (χ4n) is 1.29. The molecule has 0 atom stereocenters. The Balaban J connectivity index is 0.00000256. The van der Waals surface area contributed by atoms with Crippen LogP contribution in [0.3, 0.4) is 0 Å². The molecule has 0 aromatic heterocycles. The lowest BCUT2D eigenvalue weighted by Gasteiger charge is -2.10. The molecule has 0 heterocycles. The summed E-state index contributed by atoms with van der Waals surface area (Å²) >= 11 is 5.86. The van der Waals surface area contributed by atoms with Gasteiger partial charge in [0.15, 0.2) is 0 Å². The lowest BCUT2D eigenvalue weighted by atomic mass is 10.2. The van der Waals surface area contributed by atoms with Crippen molar-refractivity contribution in [2.75, 3.05) is 13.2 Å². The van der Waals surface area contributed by atoms with Gasteiger partial charge in [-0.2, -0.15) is 0 Å². The summed E-state index contributed by atoms with van der Waals surface area (Å²) in [6, 6.07) is 5.29. The minimum Gasteiger partial charge on any atom is -0.494 e. The first-order valence-electron chi connectivity index (χ1n) is 4.97. The summed E-state index contributed by atoms with van der Waals surface area (Å²) in [6.45, 7) is 2.79. The molecule has 96 valence electrons. The quantitative estimate of drug-likeness (QED) is 0.839. The number of carboxylic acids is 1. The normalized spacial score (nSPS) is 9.53. The van der Waals surface area contributed by atoms with Gasteiger partial charge in [0, 0.05) is 17.1 Å². The summed E-state index contributed by atoms with van der Waals surface area (Å²) in [5.74, 6) is -0.162. The van der Waals surface area contributed by atoms with Crippen molar-refractivity contribution in [3.8, 4) is 5.75 Å². The van der Waals surface area contributed by atoms with Crippen LogP contribution in [0.4, 0.5) is 0 Å². The highest BCUT2D eigenvalue weighted by molar-refractivity contribution is 6.30. The molecule has 4 nitrogen and oxygen atoms in total. The topological polar surface area (TPSA) is 58.6 Å². The predicted molar refractivity (Wildman–Crippen MR) is 69.2 cm³/mol. The van der Waals surface area contributed by atoms with Crippen molar-refractivity contribution in [2.24, 2.45) is 0 Å². The monoisotopic (exact) mass is 279 g/mol. The Morgan fingerprint density at radius 3 is 2.82 bits per heavy atom. The van der Waals surface area contributed by atoms with Gasteiger partial charge in [-0.3, -0.25) is 4.79 Å². The van der Waals surface area contributed by atoms with Crippen molar-refractivity contribution >= 4 is 30.0 Å². The van der Waals surface area contributed by atoms with Crippen LogP contribution < -0.4 is 10.1 Å². The van der Waals surface area contributed by atoms with Gasteiger partial charge in [-0.1, -0.05) is 11.6 Å². The molecule has 1 aromatic carbocycles. The maximum absolute atomic E-state index is 10.3. The van der Waals surface area contributed by atoms with E-state index in [-0.39, 0.29) is 19.0 Å². The van der Waals surface area contributed by atoms with Crippen LogP contribution in [-0.4, -0.2) is 24.2 Å². The molecule has 6 heteroatoms. The summed E-state index contributed by atoms with van der Waals surface area (Å²) in [5.41, 5.74) is 0.857. The van der Waals surface area contributed by atoms with Gasteiger partial charge in [-0.25, -0.2) is 0 Å². The van der Waals surface area contributed by atoms with Crippen molar-refractivity contribution < 1.29 is 14.6 Å². The first kappa shape index (κ1) is 16.0. The second-order valence-corrected chi connectivity index (χ2v) is 3.62. The van der Waals surface area contributed by atoms with Gasteiger partial charge >= 0.3 is 5.97 Å². The maximum atomic E-state index is 10.3. The van der Waals surface area contributed by atoms with E-state index in [4.69, 9.17) is 21.4 Å². The second-order valence-electron chi connectivity index (χ2n) is 3.18. The molecule has 2 N–H and O–H groups in total. The smallest absolute Gasteiger partial charge is 0.317 e. The molecule has 0 fully saturated rings. The number of carbonyl (C=O) groups is 1. The molecule has 0 saturated carbocycles. The van der Waals surface area contributed by atoms with Gasteiger partial charge in [0.05, 0.1) is 13.2 Å². The molecule has 0 bridgehead atoms. The van der Waals surface area contributed by atoms with E-state index < -0.39 is 5.97 Å². The number of aliphatic carboxylic acids is 1. The van der Waals surface area contributed by atoms with Crippen LogP contribution in [0.15, 0.2) is 18.2 Å². The minimum atomic E-state index is -0.889. The highest BCUT2D eigenvalue weighted by atomic mass is 35.5. The first-order valence-corrected chi connectivity index (χ1v) is 5.35. The highest BCUT2D eigenvalue weighted by Crippen LogP contribution is 2.22. The zero-order chi connectivity index (χ0) is 12.0. The van der Waals surface area contributed by atoms with Crippen molar-refractivity contribution in [1.29, 1.82) is 0 Å². The van der Waals surface area contributed by atoms with E-state index >= 15 is 0 Å². The number of halogens is 2. The number of nitrogens with one attached hydrogen (secondary N) is 1. The zero-order valence-electron chi connectivity index (χ0n) is 9.40. The highest BCUT2D eigenvalue weighted by Gasteiger charge is 2.05. The van der Waals surface area contributed by atoms with Crippen molar-refractivity contribution in [2.45, 2.75) is 13.5 Å². The summed E-state index contributed by atoms with van der Waals surface area (Å²) in [4.78, 5) is 10.3. The van der Waals surface area contributed by atoms with E-state index in [2.05, 4.69) is 5.32 Å². The van der Waals surface area contributed by atoms with Crippen LogP contribution in [0, 0.1) is 0 Å². The van der Waals surface area contributed by atoms with Crippen LogP contribution in [0.5, 0.6) is 5.75 Å². The molecular weight excluding hydrogens is 265 g/mol. The van der Waals surface area contributed by atoms with Crippen LogP contribution in [0.25, 0.3) is 0 Å². The molecule has 0 aliphatic carbocycles. The van der Waals surface area contributed by atoms with Gasteiger partial charge in [0.1, 0.15) is 5.75 Å². The molecule has 0 saturated heterocycles. The van der Waals surface area contributed by atoms with Crippen LogP contribution in [0.1, 0.15) is 12.5 Å². The molecular formula is C11H15Cl2NO3. The molecule has 17 heavy (non-hydrogen) atoms. The number of rotatable bonds is 6. The Hall–Kier alpha value is -0.970. The lowest BCUT2D eigenvalue weighted by molar-refractivity contribution is -0.136. The summed E-state index contributed by atoms with van der Waals surface area (Å²) in [5, 5.41) is 11.9. The lowest BCUT2D eigenvalue weighted by Crippen LogP contribution is -2.22. The fourth-order valence-corrected chi connectivity index (χ4v) is 1.48. The number of carboxylic acid groups (broad SMARTS) is 1. The van der Waals surface area contributed by atoms with Gasteiger partial charge in [-0.05, 0) is 25.1 Å². The molecule has 0 unspecified atom stereocenters. The van der Waals surface area contributed by atoms with Gasteiger partial charge in [-0.15, -0.1) is 12.4 Å². The van der Waals surface area contributed by atoms with Gasteiger partial charge < -0.3 is 15.2 Å².